The van der Waals surface area contributed by atoms with Crippen LogP contribution in [0.1, 0.15) is 6.92 Å². The lowest BCUT2D eigenvalue weighted by Crippen LogP contribution is -2.00. The van der Waals surface area contributed by atoms with Gasteiger partial charge in [0, 0.05) is 32.0 Å². The van der Waals surface area contributed by atoms with Crippen LogP contribution in [0.3, 0.4) is 0 Å². The van der Waals surface area contributed by atoms with Crippen LogP contribution in [0, 0.1) is 0 Å². The summed E-state index contributed by atoms with van der Waals surface area (Å²) < 4.78 is 0. The molecule has 0 saturated heterocycles. The second-order valence-corrected chi connectivity index (χ2v) is 5.36. The van der Waals surface area contributed by atoms with Crippen molar-refractivity contribution >= 4 is 36.0 Å². The van der Waals surface area contributed by atoms with Crippen molar-refractivity contribution in [2.24, 2.45) is 9.98 Å². The first-order valence-corrected chi connectivity index (χ1v) is 5.84. The average molecular weight is 208 g/mol. The van der Waals surface area contributed by atoms with Crippen molar-refractivity contribution in [1.29, 1.82) is 0 Å². The fourth-order valence-electron chi connectivity index (χ4n) is 1.51. The third kappa shape index (κ3) is 1.12. The lowest BCUT2D eigenvalue weighted by atomic mass is 10.3. The number of allylic oxidation sites excluding steroid dienone is 2. The molecule has 3 rings (SSSR count). The van der Waals surface area contributed by atoms with Gasteiger partial charge < -0.3 is 0 Å². The van der Waals surface area contributed by atoms with Gasteiger partial charge in [-0.1, -0.05) is 23.5 Å². The Morgan fingerprint density at radius 2 is 2.23 bits per heavy atom. The average Bonchev–Trinajstić information content (AvgIpc) is 2.70. The zero-order valence-corrected chi connectivity index (χ0v) is 8.78. The van der Waals surface area contributed by atoms with E-state index in [1.54, 1.807) is 0 Å². The maximum atomic E-state index is 4.40. The molecular formula is C9H8N2S2. The number of hydrogen-bond donors (Lipinski definition) is 0. The minimum absolute atomic E-state index is 0.357. The number of rotatable bonds is 0. The Hall–Kier alpha value is -0.480. The highest BCUT2D eigenvalue weighted by Crippen LogP contribution is 2.48. The Kier molecular flexibility index (Phi) is 1.67. The fourth-order valence-corrected chi connectivity index (χ4v) is 3.88. The van der Waals surface area contributed by atoms with Crippen molar-refractivity contribution in [3.63, 3.8) is 0 Å². The molecule has 0 radical (unpaired) electrons. The van der Waals surface area contributed by atoms with E-state index in [-0.39, 0.29) is 0 Å². The zero-order valence-electron chi connectivity index (χ0n) is 7.15. The van der Waals surface area contributed by atoms with E-state index in [2.05, 4.69) is 16.9 Å². The minimum atomic E-state index is 0.357. The summed E-state index contributed by atoms with van der Waals surface area (Å²) in [6.07, 6.45) is 3.99. The molecule has 13 heavy (non-hydrogen) atoms. The summed E-state index contributed by atoms with van der Waals surface area (Å²) in [5.74, 6) is 0. The number of hydrogen-bond acceptors (Lipinski definition) is 4. The van der Waals surface area contributed by atoms with Gasteiger partial charge in [0.05, 0.1) is 12.6 Å². The number of aliphatic imine (C=N–C) groups is 2. The second kappa shape index (κ2) is 2.75. The Bertz CT molecular complexity index is 390. The lowest BCUT2D eigenvalue weighted by Gasteiger charge is -2.15. The summed E-state index contributed by atoms with van der Waals surface area (Å²) in [6.45, 7) is 3.01. The van der Waals surface area contributed by atoms with Crippen molar-refractivity contribution < 1.29 is 0 Å². The summed E-state index contributed by atoms with van der Waals surface area (Å²) in [5, 5.41) is 0. The molecule has 3 aliphatic heterocycles. The van der Waals surface area contributed by atoms with Crippen LogP contribution in [-0.4, -0.2) is 25.0 Å². The minimum Gasteiger partial charge on any atom is -0.287 e. The van der Waals surface area contributed by atoms with Gasteiger partial charge in [-0.25, -0.2) is 0 Å². The Labute approximate surface area is 85.3 Å². The zero-order chi connectivity index (χ0) is 8.84. The standard InChI is InChI=1S/C9H8N2S2/c1-5-9-8(4-11-5)12-6-2-10-3-7(6)13-9/h3-5H,2H2,1H3. The SMILES string of the molecule is CC1N=CC2=C1SC1=C(CN=C1)S2. The summed E-state index contributed by atoms with van der Waals surface area (Å²) in [5.41, 5.74) is 0. The van der Waals surface area contributed by atoms with E-state index in [1.807, 2.05) is 36.0 Å². The topological polar surface area (TPSA) is 24.7 Å². The Morgan fingerprint density at radius 1 is 1.31 bits per heavy atom. The molecule has 0 aromatic heterocycles. The molecule has 0 N–H and O–H groups in total. The van der Waals surface area contributed by atoms with E-state index in [1.165, 1.54) is 19.6 Å². The third-order valence-corrected chi connectivity index (χ3v) is 4.96. The normalized spacial score (nSPS) is 30.1. The monoisotopic (exact) mass is 208 g/mol. The van der Waals surface area contributed by atoms with E-state index in [9.17, 15) is 0 Å². The van der Waals surface area contributed by atoms with Crippen LogP contribution in [0.5, 0.6) is 0 Å². The van der Waals surface area contributed by atoms with Gasteiger partial charge in [-0.2, -0.15) is 0 Å². The van der Waals surface area contributed by atoms with Gasteiger partial charge in [0.25, 0.3) is 0 Å². The smallest absolute Gasteiger partial charge is 0.0795 e. The molecule has 4 heteroatoms. The summed E-state index contributed by atoms with van der Waals surface area (Å²) in [6, 6.07) is 0.357. The first kappa shape index (κ1) is 7.88. The number of thioether (sulfide) groups is 2. The van der Waals surface area contributed by atoms with Gasteiger partial charge in [0.15, 0.2) is 0 Å². The van der Waals surface area contributed by atoms with Gasteiger partial charge in [-0.3, -0.25) is 9.98 Å². The number of nitrogens with zero attached hydrogens (tertiary/aromatic N) is 2. The molecule has 0 aromatic rings. The highest BCUT2D eigenvalue weighted by Gasteiger charge is 2.28. The molecule has 0 amide bonds. The summed E-state index contributed by atoms with van der Waals surface area (Å²) in [4.78, 5) is 14.1. The van der Waals surface area contributed by atoms with Crippen LogP contribution in [-0.2, 0) is 0 Å². The molecule has 0 aromatic carbocycles. The summed E-state index contributed by atoms with van der Waals surface area (Å²) >= 11 is 3.69. The third-order valence-electron chi connectivity index (χ3n) is 2.21. The Balaban J connectivity index is 1.96. The van der Waals surface area contributed by atoms with Gasteiger partial charge >= 0.3 is 0 Å². The van der Waals surface area contributed by atoms with Crippen molar-refractivity contribution in [3.8, 4) is 0 Å². The van der Waals surface area contributed by atoms with Gasteiger partial charge in [0.1, 0.15) is 0 Å². The Morgan fingerprint density at radius 3 is 3.15 bits per heavy atom. The molecule has 0 bridgehead atoms. The first-order chi connectivity index (χ1) is 6.34. The maximum Gasteiger partial charge on any atom is 0.0795 e. The predicted molar refractivity (Wildman–Crippen MR) is 60.5 cm³/mol. The van der Waals surface area contributed by atoms with Gasteiger partial charge in [0.2, 0.25) is 0 Å². The molecule has 0 spiro atoms. The van der Waals surface area contributed by atoms with E-state index in [0.717, 1.165) is 6.54 Å². The molecule has 1 unspecified atom stereocenters. The molecule has 1 atom stereocenters. The predicted octanol–water partition coefficient (Wildman–Crippen LogP) is 2.45. The summed E-state index contributed by atoms with van der Waals surface area (Å²) in [7, 11) is 0. The molecule has 0 fully saturated rings. The largest absolute Gasteiger partial charge is 0.287 e. The van der Waals surface area contributed by atoms with Crippen LogP contribution in [0.15, 0.2) is 29.6 Å². The van der Waals surface area contributed by atoms with E-state index in [4.69, 9.17) is 0 Å². The van der Waals surface area contributed by atoms with E-state index < -0.39 is 0 Å². The van der Waals surface area contributed by atoms with Crippen molar-refractivity contribution in [2.45, 2.75) is 13.0 Å². The van der Waals surface area contributed by atoms with Crippen LogP contribution in [0.4, 0.5) is 0 Å². The van der Waals surface area contributed by atoms with Crippen molar-refractivity contribution in [1.82, 2.24) is 0 Å². The van der Waals surface area contributed by atoms with E-state index >= 15 is 0 Å². The highest BCUT2D eigenvalue weighted by atomic mass is 32.2. The van der Waals surface area contributed by atoms with Crippen LogP contribution in [0.2, 0.25) is 0 Å². The lowest BCUT2D eigenvalue weighted by molar-refractivity contribution is 0.936. The van der Waals surface area contributed by atoms with Crippen LogP contribution >= 0.6 is 23.5 Å². The fraction of sp³-hybridized carbons (Fsp3) is 0.333. The molecular weight excluding hydrogens is 200 g/mol. The van der Waals surface area contributed by atoms with Crippen LogP contribution in [0.25, 0.3) is 0 Å². The second-order valence-electron chi connectivity index (χ2n) is 3.14. The van der Waals surface area contributed by atoms with Gasteiger partial charge in [-0.05, 0) is 6.92 Å². The van der Waals surface area contributed by atoms with Gasteiger partial charge in [-0.15, -0.1) is 0 Å². The first-order valence-electron chi connectivity index (χ1n) is 4.20. The molecule has 3 aliphatic rings. The van der Waals surface area contributed by atoms with Crippen molar-refractivity contribution in [2.75, 3.05) is 6.54 Å². The van der Waals surface area contributed by atoms with E-state index in [0.29, 0.717) is 6.04 Å². The highest BCUT2D eigenvalue weighted by molar-refractivity contribution is 8.14. The van der Waals surface area contributed by atoms with Crippen LogP contribution < -0.4 is 0 Å². The molecule has 2 nitrogen and oxygen atoms in total. The molecule has 0 saturated carbocycles. The van der Waals surface area contributed by atoms with Crippen molar-refractivity contribution in [3.05, 3.63) is 19.6 Å². The molecule has 3 heterocycles. The quantitative estimate of drug-likeness (QED) is 0.611. The molecule has 0 aliphatic carbocycles. The maximum absolute atomic E-state index is 4.40. The molecule has 66 valence electrons.